The van der Waals surface area contributed by atoms with Crippen LogP contribution in [0.3, 0.4) is 0 Å². The molecule has 3 nitrogen and oxygen atoms in total. The zero-order valence-corrected chi connectivity index (χ0v) is 13.9. The molecule has 0 heterocycles. The second-order valence-electron chi connectivity index (χ2n) is 4.91. The highest BCUT2D eigenvalue weighted by Crippen LogP contribution is 2.14. The summed E-state index contributed by atoms with van der Waals surface area (Å²) in [5.74, 6) is -0.774. The van der Waals surface area contributed by atoms with Gasteiger partial charge >= 0.3 is 0 Å². The molecule has 0 radical (unpaired) electrons. The summed E-state index contributed by atoms with van der Waals surface area (Å²) in [4.78, 5) is 12.2. The second kappa shape index (κ2) is 6.54. The van der Waals surface area contributed by atoms with Crippen LogP contribution in [-0.2, 0) is 21.1 Å². The average molecular weight is 367 g/mol. The molecule has 110 valence electrons. The van der Waals surface area contributed by atoms with Gasteiger partial charge in [0.25, 0.3) is 0 Å². The van der Waals surface area contributed by atoms with Gasteiger partial charge in [0.2, 0.25) is 0 Å². The summed E-state index contributed by atoms with van der Waals surface area (Å²) in [6.45, 7) is 1.88. The van der Waals surface area contributed by atoms with E-state index in [1.807, 2.05) is 19.1 Å². The molecule has 0 atom stereocenters. The highest BCUT2D eigenvalue weighted by atomic mass is 79.9. The molecular formula is C16H15BrO3S. The second-order valence-corrected chi connectivity index (χ2v) is 7.82. The van der Waals surface area contributed by atoms with E-state index in [4.69, 9.17) is 0 Å². The minimum absolute atomic E-state index is 0.123. The average Bonchev–Trinajstić information content (AvgIpc) is 2.41. The van der Waals surface area contributed by atoms with Gasteiger partial charge in [-0.05, 0) is 36.8 Å². The minimum atomic E-state index is -3.56. The number of sulfone groups is 1. The number of Topliss-reactive ketones (excluding diaryl/α,β-unsaturated/α-hetero) is 1. The minimum Gasteiger partial charge on any atom is -0.298 e. The summed E-state index contributed by atoms with van der Waals surface area (Å²) in [5.41, 5.74) is 1.79. The first-order valence-corrected chi connectivity index (χ1v) is 8.87. The first-order valence-electron chi connectivity index (χ1n) is 6.42. The van der Waals surface area contributed by atoms with Gasteiger partial charge in [-0.2, -0.15) is 0 Å². The molecule has 2 aromatic rings. The molecule has 0 saturated heterocycles. The molecule has 0 amide bonds. The molecule has 0 N–H and O–H groups in total. The van der Waals surface area contributed by atoms with E-state index in [-0.39, 0.29) is 17.1 Å². The van der Waals surface area contributed by atoms with E-state index in [0.29, 0.717) is 0 Å². The predicted octanol–water partition coefficient (Wildman–Crippen LogP) is 3.34. The zero-order chi connectivity index (χ0) is 15.5. The first-order chi connectivity index (χ1) is 9.87. The number of hydrogen-bond donors (Lipinski definition) is 0. The summed E-state index contributed by atoms with van der Waals surface area (Å²) >= 11 is 3.32. The first kappa shape index (κ1) is 15.9. The smallest absolute Gasteiger partial charge is 0.185 e. The van der Waals surface area contributed by atoms with Crippen molar-refractivity contribution in [3.8, 4) is 0 Å². The van der Waals surface area contributed by atoms with Gasteiger partial charge in [0, 0.05) is 10.9 Å². The van der Waals surface area contributed by atoms with E-state index >= 15 is 0 Å². The van der Waals surface area contributed by atoms with E-state index in [2.05, 4.69) is 15.9 Å². The van der Waals surface area contributed by atoms with Crippen molar-refractivity contribution in [3.05, 3.63) is 64.1 Å². The fourth-order valence-electron chi connectivity index (χ4n) is 1.92. The van der Waals surface area contributed by atoms with Crippen LogP contribution in [0.25, 0.3) is 0 Å². The maximum atomic E-state index is 12.2. The SMILES string of the molecule is Cc1ccc(S(=O)(=O)CC(=O)Cc2ccc(Br)cc2)cc1. The Labute approximate surface area is 133 Å². The van der Waals surface area contributed by atoms with Gasteiger partial charge in [0.05, 0.1) is 4.90 Å². The predicted molar refractivity (Wildman–Crippen MR) is 86.1 cm³/mol. The van der Waals surface area contributed by atoms with E-state index in [0.717, 1.165) is 15.6 Å². The molecule has 2 aromatic carbocycles. The van der Waals surface area contributed by atoms with E-state index in [9.17, 15) is 13.2 Å². The fraction of sp³-hybridized carbons (Fsp3) is 0.188. The summed E-state index contributed by atoms with van der Waals surface area (Å²) in [5, 5.41) is 0. The van der Waals surface area contributed by atoms with Crippen molar-refractivity contribution in [2.45, 2.75) is 18.2 Å². The molecule has 0 spiro atoms. The monoisotopic (exact) mass is 366 g/mol. The van der Waals surface area contributed by atoms with Gasteiger partial charge in [0.15, 0.2) is 15.6 Å². The van der Waals surface area contributed by atoms with Crippen LogP contribution in [0.1, 0.15) is 11.1 Å². The lowest BCUT2D eigenvalue weighted by molar-refractivity contribution is -0.116. The summed E-state index contributed by atoms with van der Waals surface area (Å²) < 4.78 is 25.3. The molecule has 5 heteroatoms. The van der Waals surface area contributed by atoms with Gasteiger partial charge in [-0.15, -0.1) is 0 Å². The van der Waals surface area contributed by atoms with Crippen LogP contribution >= 0.6 is 15.9 Å². The number of benzene rings is 2. The molecule has 0 bridgehead atoms. The maximum Gasteiger partial charge on any atom is 0.185 e. The third kappa shape index (κ3) is 4.51. The molecule has 0 aromatic heterocycles. The zero-order valence-electron chi connectivity index (χ0n) is 11.5. The van der Waals surface area contributed by atoms with Gasteiger partial charge < -0.3 is 0 Å². The quantitative estimate of drug-likeness (QED) is 0.815. The molecule has 0 aliphatic rings. The Morgan fingerprint density at radius 2 is 1.57 bits per heavy atom. The third-order valence-corrected chi connectivity index (χ3v) is 5.27. The highest BCUT2D eigenvalue weighted by Gasteiger charge is 2.19. The van der Waals surface area contributed by atoms with Crippen molar-refractivity contribution in [2.24, 2.45) is 0 Å². The number of carbonyl (C=O) groups excluding carboxylic acids is 1. The maximum absolute atomic E-state index is 12.2. The van der Waals surface area contributed by atoms with Crippen molar-refractivity contribution in [1.29, 1.82) is 0 Å². The normalized spacial score (nSPS) is 11.3. The lowest BCUT2D eigenvalue weighted by Gasteiger charge is -2.05. The Hall–Kier alpha value is -1.46. The van der Waals surface area contributed by atoms with Crippen LogP contribution in [0.5, 0.6) is 0 Å². The van der Waals surface area contributed by atoms with Gasteiger partial charge in [-0.1, -0.05) is 45.8 Å². The molecule has 0 aliphatic carbocycles. The van der Waals surface area contributed by atoms with Crippen molar-refractivity contribution in [2.75, 3.05) is 5.75 Å². The van der Waals surface area contributed by atoms with Crippen molar-refractivity contribution in [1.82, 2.24) is 0 Å². The number of carbonyl (C=O) groups is 1. The number of hydrogen-bond acceptors (Lipinski definition) is 3. The number of rotatable bonds is 5. The number of ketones is 1. The third-order valence-electron chi connectivity index (χ3n) is 3.05. The number of aryl methyl sites for hydroxylation is 1. The van der Waals surface area contributed by atoms with Gasteiger partial charge in [-0.3, -0.25) is 4.79 Å². The Morgan fingerprint density at radius 1 is 1.00 bits per heavy atom. The Morgan fingerprint density at radius 3 is 2.14 bits per heavy atom. The summed E-state index contributed by atoms with van der Waals surface area (Å²) in [6.07, 6.45) is 0.123. The van der Waals surface area contributed by atoms with Crippen molar-refractivity contribution >= 4 is 31.6 Å². The molecular weight excluding hydrogens is 352 g/mol. The van der Waals surface area contributed by atoms with Gasteiger partial charge in [-0.25, -0.2) is 8.42 Å². The lowest BCUT2D eigenvalue weighted by Crippen LogP contribution is -2.18. The Balaban J connectivity index is 2.07. The van der Waals surface area contributed by atoms with Crippen LogP contribution in [0.4, 0.5) is 0 Å². The topological polar surface area (TPSA) is 51.2 Å². The van der Waals surface area contributed by atoms with Crippen LogP contribution in [0, 0.1) is 6.92 Å². The number of halogens is 1. The Kier molecular flexibility index (Phi) is 4.96. The van der Waals surface area contributed by atoms with Gasteiger partial charge in [0.1, 0.15) is 5.75 Å². The van der Waals surface area contributed by atoms with Crippen LogP contribution in [-0.4, -0.2) is 20.0 Å². The molecule has 2 rings (SSSR count). The van der Waals surface area contributed by atoms with Crippen LogP contribution in [0.15, 0.2) is 57.9 Å². The fourth-order valence-corrected chi connectivity index (χ4v) is 3.43. The van der Waals surface area contributed by atoms with Crippen LogP contribution in [0.2, 0.25) is 0 Å². The van der Waals surface area contributed by atoms with E-state index in [1.165, 1.54) is 12.1 Å². The molecule has 0 aliphatic heterocycles. The van der Waals surface area contributed by atoms with E-state index in [1.54, 1.807) is 24.3 Å². The molecule has 0 unspecified atom stereocenters. The van der Waals surface area contributed by atoms with Crippen molar-refractivity contribution in [3.63, 3.8) is 0 Å². The largest absolute Gasteiger partial charge is 0.298 e. The van der Waals surface area contributed by atoms with Crippen molar-refractivity contribution < 1.29 is 13.2 Å². The Bertz CT molecular complexity index is 732. The molecule has 0 fully saturated rings. The molecule has 0 saturated carbocycles. The highest BCUT2D eigenvalue weighted by molar-refractivity contribution is 9.10. The van der Waals surface area contributed by atoms with E-state index < -0.39 is 15.6 Å². The lowest BCUT2D eigenvalue weighted by atomic mass is 10.1. The standard InChI is InChI=1S/C16H15BrO3S/c1-12-2-8-16(9-3-12)21(19,20)11-15(18)10-13-4-6-14(17)7-5-13/h2-9H,10-11H2,1H3. The summed E-state index contributed by atoms with van der Waals surface area (Å²) in [7, 11) is -3.56. The molecule has 21 heavy (non-hydrogen) atoms. The van der Waals surface area contributed by atoms with Crippen LogP contribution < -0.4 is 0 Å². The summed E-state index contributed by atoms with van der Waals surface area (Å²) in [6, 6.07) is 13.8.